The summed E-state index contributed by atoms with van der Waals surface area (Å²) in [5.74, 6) is 0.802. The van der Waals surface area contributed by atoms with Crippen molar-refractivity contribution in [2.75, 3.05) is 0 Å². The first-order valence-corrected chi connectivity index (χ1v) is 9.76. The van der Waals surface area contributed by atoms with E-state index < -0.39 is 14.6 Å². The summed E-state index contributed by atoms with van der Waals surface area (Å²) in [6, 6.07) is 8.20. The van der Waals surface area contributed by atoms with E-state index in [2.05, 4.69) is 5.16 Å². The Bertz CT molecular complexity index is 800. The SMILES string of the molecule is CC(C)(C)c1cc(CCC(C)(C)S(=O)(=O)c2ccc(Cl)cc2)no1. The smallest absolute Gasteiger partial charge is 0.183 e. The van der Waals surface area contributed by atoms with Crippen LogP contribution < -0.4 is 0 Å². The average molecular weight is 370 g/mol. The van der Waals surface area contributed by atoms with E-state index in [4.69, 9.17) is 16.1 Å². The molecule has 0 aliphatic carbocycles. The third kappa shape index (κ3) is 4.01. The fourth-order valence-corrected chi connectivity index (χ4v) is 3.91. The monoisotopic (exact) mass is 369 g/mol. The van der Waals surface area contributed by atoms with Crippen molar-refractivity contribution in [2.24, 2.45) is 0 Å². The molecule has 0 spiro atoms. The summed E-state index contributed by atoms with van der Waals surface area (Å²) in [4.78, 5) is 0.285. The molecule has 2 rings (SSSR count). The molecule has 0 atom stereocenters. The van der Waals surface area contributed by atoms with Crippen LogP contribution in [0.3, 0.4) is 0 Å². The van der Waals surface area contributed by atoms with E-state index in [1.807, 2.05) is 26.8 Å². The van der Waals surface area contributed by atoms with Crippen molar-refractivity contribution >= 4 is 21.4 Å². The van der Waals surface area contributed by atoms with Crippen LogP contribution in [0.2, 0.25) is 5.02 Å². The Morgan fingerprint density at radius 3 is 2.17 bits per heavy atom. The van der Waals surface area contributed by atoms with Crippen molar-refractivity contribution < 1.29 is 12.9 Å². The Morgan fingerprint density at radius 1 is 1.08 bits per heavy atom. The normalized spacial score (nSPS) is 13.2. The lowest BCUT2D eigenvalue weighted by atomic mass is 9.93. The van der Waals surface area contributed by atoms with Crippen molar-refractivity contribution in [2.45, 2.75) is 62.5 Å². The molecule has 0 radical (unpaired) electrons. The van der Waals surface area contributed by atoms with Crippen molar-refractivity contribution in [3.63, 3.8) is 0 Å². The number of sulfone groups is 1. The second-order valence-electron chi connectivity index (χ2n) is 7.65. The van der Waals surface area contributed by atoms with Gasteiger partial charge < -0.3 is 4.52 Å². The molecule has 0 fully saturated rings. The van der Waals surface area contributed by atoms with Gasteiger partial charge in [-0.05, 0) is 51.0 Å². The minimum Gasteiger partial charge on any atom is -0.361 e. The van der Waals surface area contributed by atoms with Gasteiger partial charge in [0.15, 0.2) is 9.84 Å². The standard InChI is InChI=1S/C18H24ClNO3S/c1-17(2,3)16-12-14(20-23-16)10-11-18(4,5)24(21,22)15-8-6-13(19)7-9-15/h6-9,12H,10-11H2,1-5H3. The fraction of sp³-hybridized carbons (Fsp3) is 0.500. The summed E-state index contributed by atoms with van der Waals surface area (Å²) in [6.45, 7) is 9.62. The zero-order valence-electron chi connectivity index (χ0n) is 14.8. The van der Waals surface area contributed by atoms with E-state index in [1.165, 1.54) is 0 Å². The molecule has 2 aromatic rings. The lowest BCUT2D eigenvalue weighted by molar-refractivity contribution is 0.325. The second-order valence-corrected chi connectivity index (χ2v) is 10.7. The van der Waals surface area contributed by atoms with Gasteiger partial charge in [0, 0.05) is 16.5 Å². The maximum absolute atomic E-state index is 12.9. The van der Waals surface area contributed by atoms with Crippen LogP contribution >= 0.6 is 11.6 Å². The van der Waals surface area contributed by atoms with Gasteiger partial charge in [0.2, 0.25) is 0 Å². The highest BCUT2D eigenvalue weighted by atomic mass is 35.5. The molecule has 1 aromatic carbocycles. The first-order chi connectivity index (χ1) is 10.9. The van der Waals surface area contributed by atoms with Crippen LogP contribution in [0, 0.1) is 0 Å². The molecular formula is C18H24ClNO3S. The van der Waals surface area contributed by atoms with Crippen molar-refractivity contribution in [3.05, 3.63) is 46.8 Å². The molecule has 0 N–H and O–H groups in total. The fourth-order valence-electron chi connectivity index (χ4n) is 2.28. The molecule has 0 amide bonds. The van der Waals surface area contributed by atoms with Gasteiger partial charge in [-0.2, -0.15) is 0 Å². The molecule has 1 heterocycles. The van der Waals surface area contributed by atoms with Crippen LogP contribution in [0.25, 0.3) is 0 Å². The van der Waals surface area contributed by atoms with Crippen LogP contribution in [-0.4, -0.2) is 18.3 Å². The van der Waals surface area contributed by atoms with Crippen LogP contribution in [0.15, 0.2) is 39.8 Å². The predicted octanol–water partition coefficient (Wildman–Crippen LogP) is 4.81. The maximum atomic E-state index is 12.9. The molecule has 4 nitrogen and oxygen atoms in total. The summed E-state index contributed by atoms with van der Waals surface area (Å²) < 4.78 is 30.2. The topological polar surface area (TPSA) is 60.2 Å². The quantitative estimate of drug-likeness (QED) is 0.758. The Kier molecular flexibility index (Phi) is 5.17. The van der Waals surface area contributed by atoms with Crippen LogP contribution in [-0.2, 0) is 21.7 Å². The molecule has 6 heteroatoms. The van der Waals surface area contributed by atoms with Gasteiger partial charge in [-0.15, -0.1) is 0 Å². The first kappa shape index (κ1) is 19.0. The van der Waals surface area contributed by atoms with Crippen LogP contribution in [0.4, 0.5) is 0 Å². The third-order valence-electron chi connectivity index (χ3n) is 4.13. The molecule has 0 aliphatic heterocycles. The lowest BCUT2D eigenvalue weighted by Gasteiger charge is -2.24. The van der Waals surface area contributed by atoms with Gasteiger partial charge in [0.25, 0.3) is 0 Å². The van der Waals surface area contributed by atoms with Crippen molar-refractivity contribution in [3.8, 4) is 0 Å². The Hall–Kier alpha value is -1.33. The number of hydrogen-bond donors (Lipinski definition) is 0. The van der Waals surface area contributed by atoms with Crippen LogP contribution in [0.1, 0.15) is 52.5 Å². The Balaban J connectivity index is 2.15. The van der Waals surface area contributed by atoms with E-state index >= 15 is 0 Å². The summed E-state index contributed by atoms with van der Waals surface area (Å²) in [5, 5.41) is 4.58. The van der Waals surface area contributed by atoms with E-state index in [1.54, 1.807) is 38.1 Å². The number of halogens is 1. The molecule has 1 aromatic heterocycles. The highest BCUT2D eigenvalue weighted by molar-refractivity contribution is 7.92. The molecular weight excluding hydrogens is 346 g/mol. The van der Waals surface area contributed by atoms with E-state index in [9.17, 15) is 8.42 Å². The summed E-state index contributed by atoms with van der Waals surface area (Å²) in [5.41, 5.74) is 0.662. The largest absolute Gasteiger partial charge is 0.361 e. The third-order valence-corrected chi connectivity index (χ3v) is 6.94. The number of aryl methyl sites for hydroxylation is 1. The van der Waals surface area contributed by atoms with Gasteiger partial charge in [-0.3, -0.25) is 0 Å². The first-order valence-electron chi connectivity index (χ1n) is 7.90. The molecule has 0 bridgehead atoms. The van der Waals surface area contributed by atoms with Crippen molar-refractivity contribution in [1.82, 2.24) is 5.16 Å². The lowest BCUT2D eigenvalue weighted by Crippen LogP contribution is -2.32. The predicted molar refractivity (Wildman–Crippen MR) is 96.2 cm³/mol. The van der Waals surface area contributed by atoms with Crippen LogP contribution in [0.5, 0.6) is 0 Å². The summed E-state index contributed by atoms with van der Waals surface area (Å²) in [6.07, 6.45) is 0.994. The van der Waals surface area contributed by atoms with Gasteiger partial charge in [-0.25, -0.2) is 8.42 Å². The van der Waals surface area contributed by atoms with Gasteiger partial charge in [-0.1, -0.05) is 37.5 Å². The summed E-state index contributed by atoms with van der Waals surface area (Å²) in [7, 11) is -3.46. The molecule has 132 valence electrons. The zero-order valence-corrected chi connectivity index (χ0v) is 16.3. The minimum absolute atomic E-state index is 0.115. The number of benzene rings is 1. The Morgan fingerprint density at radius 2 is 1.67 bits per heavy atom. The van der Waals surface area contributed by atoms with E-state index in [0.29, 0.717) is 17.9 Å². The number of aromatic nitrogens is 1. The molecule has 24 heavy (non-hydrogen) atoms. The van der Waals surface area contributed by atoms with E-state index in [-0.39, 0.29) is 10.3 Å². The highest BCUT2D eigenvalue weighted by Crippen LogP contribution is 2.31. The van der Waals surface area contributed by atoms with Gasteiger partial charge in [0.05, 0.1) is 15.3 Å². The highest BCUT2D eigenvalue weighted by Gasteiger charge is 2.35. The number of nitrogens with zero attached hydrogens (tertiary/aromatic N) is 1. The summed E-state index contributed by atoms with van der Waals surface area (Å²) >= 11 is 5.84. The second kappa shape index (κ2) is 6.52. The minimum atomic E-state index is -3.46. The maximum Gasteiger partial charge on any atom is 0.183 e. The molecule has 0 saturated carbocycles. The van der Waals surface area contributed by atoms with Gasteiger partial charge in [0.1, 0.15) is 5.76 Å². The van der Waals surface area contributed by atoms with Gasteiger partial charge >= 0.3 is 0 Å². The van der Waals surface area contributed by atoms with E-state index in [0.717, 1.165) is 11.5 Å². The number of rotatable bonds is 5. The van der Waals surface area contributed by atoms with Crippen molar-refractivity contribution in [1.29, 1.82) is 0 Å². The molecule has 0 saturated heterocycles. The molecule has 0 unspecified atom stereocenters. The Labute approximate surface area is 149 Å². The number of hydrogen-bond acceptors (Lipinski definition) is 4. The average Bonchev–Trinajstić information content (AvgIpc) is 2.94. The molecule has 0 aliphatic rings. The zero-order chi connectivity index (χ0) is 18.2.